The van der Waals surface area contributed by atoms with Gasteiger partial charge < -0.3 is 10.1 Å². The molecule has 0 amide bonds. The Labute approximate surface area is 100 Å². The lowest BCUT2D eigenvalue weighted by Crippen LogP contribution is -2.59. The number of hydrogen-bond donors (Lipinski definition) is 1. The maximum absolute atomic E-state index is 10.2. The largest absolute Gasteiger partial charge is 0.313 e. The first-order valence-corrected chi connectivity index (χ1v) is 6.29. The van der Waals surface area contributed by atoms with Gasteiger partial charge in [-0.3, -0.25) is 0 Å². The van der Waals surface area contributed by atoms with Crippen LogP contribution in [0.15, 0.2) is 0 Å². The third kappa shape index (κ3) is 3.19. The molecule has 1 N–H and O–H groups in total. The maximum atomic E-state index is 10.2. The summed E-state index contributed by atoms with van der Waals surface area (Å²) in [4.78, 5) is 2.24. The van der Waals surface area contributed by atoms with Crippen molar-refractivity contribution in [2.45, 2.75) is 58.0 Å². The van der Waals surface area contributed by atoms with Crippen molar-refractivity contribution in [3.8, 4) is 0 Å². The monoisotopic (exact) mass is 228 g/mol. The molecule has 1 heterocycles. The van der Waals surface area contributed by atoms with E-state index in [1.54, 1.807) is 5.06 Å². The van der Waals surface area contributed by atoms with Crippen LogP contribution in [-0.2, 0) is 0 Å². The highest BCUT2D eigenvalue weighted by molar-refractivity contribution is 4.95. The van der Waals surface area contributed by atoms with Crippen molar-refractivity contribution in [2.24, 2.45) is 5.92 Å². The van der Waals surface area contributed by atoms with Crippen LogP contribution in [-0.4, -0.2) is 46.9 Å². The zero-order valence-electron chi connectivity index (χ0n) is 11.7. The highest BCUT2D eigenvalue weighted by Crippen LogP contribution is 2.41. The number of nitrogens with zero attached hydrogens (tertiary/aromatic N) is 2. The summed E-state index contributed by atoms with van der Waals surface area (Å²) in [5.74, 6) is 0.718. The Morgan fingerprint density at radius 1 is 1.12 bits per heavy atom. The van der Waals surface area contributed by atoms with Crippen molar-refractivity contribution in [1.82, 2.24) is 9.96 Å². The van der Waals surface area contributed by atoms with Crippen LogP contribution in [0.25, 0.3) is 0 Å². The number of hydroxylamine groups is 2. The molecule has 0 aromatic carbocycles. The predicted octanol–water partition coefficient (Wildman–Crippen LogP) is 2.60. The SMILES string of the molecule is CN(C)CCC1CC(C)(C)N(O)C(C)(C)C1. The average molecular weight is 228 g/mol. The van der Waals surface area contributed by atoms with Crippen molar-refractivity contribution >= 4 is 0 Å². The van der Waals surface area contributed by atoms with Gasteiger partial charge in [0, 0.05) is 11.1 Å². The van der Waals surface area contributed by atoms with Gasteiger partial charge in [0.2, 0.25) is 0 Å². The van der Waals surface area contributed by atoms with Gasteiger partial charge in [-0.1, -0.05) is 0 Å². The minimum atomic E-state index is -0.0985. The number of rotatable bonds is 3. The van der Waals surface area contributed by atoms with E-state index in [0.29, 0.717) is 0 Å². The molecule has 0 radical (unpaired) electrons. The summed E-state index contributed by atoms with van der Waals surface area (Å²) in [5.41, 5.74) is -0.197. The molecule has 0 aromatic heterocycles. The lowest BCUT2D eigenvalue weighted by molar-refractivity contribution is -0.251. The van der Waals surface area contributed by atoms with Crippen molar-refractivity contribution in [2.75, 3.05) is 20.6 Å². The lowest BCUT2D eigenvalue weighted by Gasteiger charge is -2.51. The van der Waals surface area contributed by atoms with Crippen molar-refractivity contribution in [3.63, 3.8) is 0 Å². The van der Waals surface area contributed by atoms with Crippen LogP contribution in [0, 0.1) is 5.92 Å². The second-order valence-electron chi connectivity index (χ2n) is 6.80. The molecule has 1 aliphatic heterocycles. The third-order valence-corrected chi connectivity index (χ3v) is 3.71. The topological polar surface area (TPSA) is 26.7 Å². The predicted molar refractivity (Wildman–Crippen MR) is 67.7 cm³/mol. The van der Waals surface area contributed by atoms with Crippen LogP contribution < -0.4 is 0 Å². The van der Waals surface area contributed by atoms with Gasteiger partial charge in [0.15, 0.2) is 0 Å². The standard InChI is InChI=1S/C13H28N2O/c1-12(2)9-11(7-8-14(5)6)10-13(3,4)15(12)16/h11,16H,7-10H2,1-6H3. The fourth-order valence-electron chi connectivity index (χ4n) is 3.12. The Morgan fingerprint density at radius 2 is 1.56 bits per heavy atom. The van der Waals surface area contributed by atoms with E-state index in [9.17, 15) is 5.21 Å². The molecule has 3 heteroatoms. The first-order chi connectivity index (χ1) is 7.15. The second-order valence-corrected chi connectivity index (χ2v) is 6.80. The van der Waals surface area contributed by atoms with E-state index in [4.69, 9.17) is 0 Å². The third-order valence-electron chi connectivity index (χ3n) is 3.71. The Hall–Kier alpha value is -0.120. The van der Waals surface area contributed by atoms with Crippen LogP contribution in [0.1, 0.15) is 47.0 Å². The van der Waals surface area contributed by atoms with Gasteiger partial charge in [0.1, 0.15) is 0 Å². The Bertz CT molecular complexity index is 218. The van der Waals surface area contributed by atoms with Crippen molar-refractivity contribution < 1.29 is 5.21 Å². The normalized spacial score (nSPS) is 26.2. The Morgan fingerprint density at radius 3 is 1.94 bits per heavy atom. The number of piperidine rings is 1. The van der Waals surface area contributed by atoms with Crippen LogP contribution in [0.2, 0.25) is 0 Å². The van der Waals surface area contributed by atoms with Gasteiger partial charge in [-0.2, -0.15) is 5.06 Å². The second kappa shape index (κ2) is 4.63. The molecule has 1 saturated heterocycles. The van der Waals surface area contributed by atoms with Crippen LogP contribution in [0.4, 0.5) is 0 Å². The molecule has 0 saturated carbocycles. The van der Waals surface area contributed by atoms with E-state index in [1.165, 1.54) is 6.42 Å². The van der Waals surface area contributed by atoms with E-state index in [-0.39, 0.29) is 11.1 Å². The van der Waals surface area contributed by atoms with E-state index >= 15 is 0 Å². The molecule has 1 rings (SSSR count). The molecule has 1 aliphatic rings. The van der Waals surface area contributed by atoms with Gasteiger partial charge in [-0.25, -0.2) is 0 Å². The zero-order valence-corrected chi connectivity index (χ0v) is 11.7. The summed E-state index contributed by atoms with van der Waals surface area (Å²) in [6.07, 6.45) is 3.40. The van der Waals surface area contributed by atoms with Gasteiger partial charge in [-0.15, -0.1) is 0 Å². The molecular formula is C13H28N2O. The Balaban J connectivity index is 2.64. The highest BCUT2D eigenvalue weighted by atomic mass is 16.5. The van der Waals surface area contributed by atoms with Crippen molar-refractivity contribution in [3.05, 3.63) is 0 Å². The van der Waals surface area contributed by atoms with Gasteiger partial charge in [0.05, 0.1) is 0 Å². The lowest BCUT2D eigenvalue weighted by atomic mass is 9.74. The molecule has 0 aliphatic carbocycles. The maximum Gasteiger partial charge on any atom is 0.0413 e. The van der Waals surface area contributed by atoms with E-state index in [2.05, 4.69) is 46.7 Å². The molecule has 1 fully saturated rings. The summed E-state index contributed by atoms with van der Waals surface area (Å²) in [6, 6.07) is 0. The van der Waals surface area contributed by atoms with E-state index in [1.807, 2.05) is 0 Å². The molecule has 3 nitrogen and oxygen atoms in total. The van der Waals surface area contributed by atoms with Gasteiger partial charge in [0.25, 0.3) is 0 Å². The first kappa shape index (κ1) is 13.9. The molecular weight excluding hydrogens is 200 g/mol. The molecule has 16 heavy (non-hydrogen) atoms. The first-order valence-electron chi connectivity index (χ1n) is 6.29. The van der Waals surface area contributed by atoms with Crippen LogP contribution in [0.3, 0.4) is 0 Å². The summed E-state index contributed by atoms with van der Waals surface area (Å²) in [7, 11) is 4.24. The average Bonchev–Trinajstić information content (AvgIpc) is 2.10. The number of hydrogen-bond acceptors (Lipinski definition) is 3. The molecule has 0 spiro atoms. The van der Waals surface area contributed by atoms with E-state index < -0.39 is 0 Å². The quantitative estimate of drug-likeness (QED) is 0.804. The molecule has 0 unspecified atom stereocenters. The summed E-state index contributed by atoms with van der Waals surface area (Å²) < 4.78 is 0. The summed E-state index contributed by atoms with van der Waals surface area (Å²) in [5, 5.41) is 11.7. The van der Waals surface area contributed by atoms with E-state index in [0.717, 1.165) is 25.3 Å². The van der Waals surface area contributed by atoms with Crippen LogP contribution >= 0.6 is 0 Å². The molecule has 0 bridgehead atoms. The highest BCUT2D eigenvalue weighted by Gasteiger charge is 2.44. The Kier molecular flexibility index (Phi) is 4.04. The summed E-state index contributed by atoms with van der Waals surface area (Å²) in [6.45, 7) is 9.68. The molecule has 0 atom stereocenters. The fraction of sp³-hybridized carbons (Fsp3) is 1.00. The fourth-order valence-corrected chi connectivity index (χ4v) is 3.12. The van der Waals surface area contributed by atoms with Crippen LogP contribution in [0.5, 0.6) is 0 Å². The van der Waals surface area contributed by atoms with Crippen molar-refractivity contribution in [1.29, 1.82) is 0 Å². The summed E-state index contributed by atoms with van der Waals surface area (Å²) >= 11 is 0. The smallest absolute Gasteiger partial charge is 0.0413 e. The van der Waals surface area contributed by atoms with Gasteiger partial charge in [-0.05, 0) is 73.5 Å². The molecule has 0 aromatic rings. The van der Waals surface area contributed by atoms with Gasteiger partial charge >= 0.3 is 0 Å². The minimum absolute atomic E-state index is 0.0985. The molecule has 96 valence electrons. The zero-order chi connectivity index (χ0) is 12.6. The minimum Gasteiger partial charge on any atom is -0.313 e.